The molecule has 0 radical (unpaired) electrons. The molecule has 0 aromatic heterocycles. The fraction of sp³-hybridized carbons (Fsp3) is 0.588. The van der Waals surface area contributed by atoms with Crippen LogP contribution >= 0.6 is 12.4 Å². The number of rotatable bonds is 8. The number of halogens is 1. The van der Waals surface area contributed by atoms with E-state index >= 15 is 0 Å². The third-order valence-electron chi connectivity index (χ3n) is 3.75. The predicted molar refractivity (Wildman–Crippen MR) is 97.3 cm³/mol. The normalized spacial score (nSPS) is 14.2. The molecule has 1 aromatic carbocycles. The van der Waals surface area contributed by atoms with Crippen molar-refractivity contribution in [2.24, 2.45) is 0 Å². The molecule has 0 aliphatic carbocycles. The minimum absolute atomic E-state index is 0. The van der Waals surface area contributed by atoms with Crippen molar-refractivity contribution >= 4 is 18.3 Å². The monoisotopic (exact) mass is 357 g/mol. The Kier molecular flexibility index (Phi) is 9.52. The van der Waals surface area contributed by atoms with Crippen LogP contribution in [0.2, 0.25) is 0 Å². The van der Waals surface area contributed by atoms with Gasteiger partial charge in [0.15, 0.2) is 0 Å². The summed E-state index contributed by atoms with van der Waals surface area (Å²) in [5.41, 5.74) is 0. The summed E-state index contributed by atoms with van der Waals surface area (Å²) < 4.78 is 11.1. The second kappa shape index (κ2) is 11.1. The Morgan fingerprint density at radius 2 is 1.75 bits per heavy atom. The van der Waals surface area contributed by atoms with E-state index < -0.39 is 0 Å². The van der Waals surface area contributed by atoms with Crippen LogP contribution in [0.1, 0.15) is 6.92 Å². The second-order valence-corrected chi connectivity index (χ2v) is 5.62. The van der Waals surface area contributed by atoms with E-state index in [0.29, 0.717) is 26.3 Å². The van der Waals surface area contributed by atoms with Gasteiger partial charge in [-0.2, -0.15) is 0 Å². The fourth-order valence-corrected chi connectivity index (χ4v) is 2.44. The molecule has 24 heavy (non-hydrogen) atoms. The van der Waals surface area contributed by atoms with E-state index in [4.69, 9.17) is 9.47 Å². The first kappa shape index (κ1) is 20.5. The van der Waals surface area contributed by atoms with E-state index in [0.717, 1.165) is 37.7 Å². The number of carbonyl (C=O) groups excluding carboxylic acids is 1. The molecule has 1 aromatic rings. The van der Waals surface area contributed by atoms with Gasteiger partial charge in [0.1, 0.15) is 18.1 Å². The Hall–Kier alpha value is -1.50. The largest absolute Gasteiger partial charge is 0.494 e. The molecule has 1 amide bonds. The zero-order chi connectivity index (χ0) is 16.5. The maximum absolute atomic E-state index is 12.1. The van der Waals surface area contributed by atoms with Crippen LogP contribution in [0, 0.1) is 0 Å². The number of ether oxygens (including phenoxy) is 2. The van der Waals surface area contributed by atoms with E-state index in [1.807, 2.05) is 48.0 Å². The van der Waals surface area contributed by atoms with Crippen molar-refractivity contribution in [3.63, 3.8) is 0 Å². The summed E-state index contributed by atoms with van der Waals surface area (Å²) in [5.74, 6) is 1.85. The number of amides is 1. The third-order valence-corrected chi connectivity index (χ3v) is 3.75. The first-order valence-electron chi connectivity index (χ1n) is 8.21. The first-order valence-corrected chi connectivity index (χ1v) is 8.21. The molecule has 136 valence electrons. The number of hydrogen-bond acceptors (Lipinski definition) is 5. The molecule has 1 aliphatic rings. The average Bonchev–Trinajstić information content (AvgIpc) is 2.57. The number of nitrogens with one attached hydrogen (secondary N) is 1. The molecule has 2 rings (SSSR count). The van der Waals surface area contributed by atoms with Gasteiger partial charge in [0, 0.05) is 32.7 Å². The van der Waals surface area contributed by atoms with Crippen LogP contribution in [0.15, 0.2) is 24.3 Å². The lowest BCUT2D eigenvalue weighted by Gasteiger charge is -2.29. The van der Waals surface area contributed by atoms with Crippen molar-refractivity contribution in [3.05, 3.63) is 24.3 Å². The second-order valence-electron chi connectivity index (χ2n) is 5.62. The smallest absolute Gasteiger partial charge is 0.236 e. The number of piperazine rings is 1. The highest BCUT2D eigenvalue weighted by Crippen LogP contribution is 2.17. The molecule has 6 nitrogen and oxygen atoms in total. The van der Waals surface area contributed by atoms with Crippen molar-refractivity contribution in [1.29, 1.82) is 0 Å². The Labute approximate surface area is 150 Å². The van der Waals surface area contributed by atoms with E-state index in [9.17, 15) is 4.79 Å². The molecule has 0 spiro atoms. The predicted octanol–water partition coefficient (Wildman–Crippen LogP) is 1.25. The molecule has 1 N–H and O–H groups in total. The summed E-state index contributed by atoms with van der Waals surface area (Å²) in [5, 5.41) is 3.25. The number of benzene rings is 1. The molecule has 0 unspecified atom stereocenters. The summed E-state index contributed by atoms with van der Waals surface area (Å²) in [6, 6.07) is 7.60. The molecule has 1 heterocycles. The molecule has 0 saturated carbocycles. The molecule has 0 bridgehead atoms. The minimum Gasteiger partial charge on any atom is -0.494 e. The Morgan fingerprint density at radius 3 is 2.33 bits per heavy atom. The highest BCUT2D eigenvalue weighted by molar-refractivity contribution is 5.85. The van der Waals surface area contributed by atoms with Crippen LogP contribution in [0.25, 0.3) is 0 Å². The van der Waals surface area contributed by atoms with Crippen LogP contribution in [-0.4, -0.2) is 75.2 Å². The zero-order valence-electron chi connectivity index (χ0n) is 14.5. The van der Waals surface area contributed by atoms with Gasteiger partial charge in [0.25, 0.3) is 0 Å². The minimum atomic E-state index is 0. The van der Waals surface area contributed by atoms with E-state index in [1.54, 1.807) is 0 Å². The van der Waals surface area contributed by atoms with Crippen LogP contribution in [-0.2, 0) is 4.79 Å². The van der Waals surface area contributed by atoms with Crippen LogP contribution < -0.4 is 14.8 Å². The van der Waals surface area contributed by atoms with Gasteiger partial charge in [-0.1, -0.05) is 0 Å². The van der Waals surface area contributed by atoms with Gasteiger partial charge >= 0.3 is 0 Å². The Balaban J connectivity index is 0.00000288. The molecule has 1 aliphatic heterocycles. The van der Waals surface area contributed by atoms with Crippen molar-refractivity contribution in [3.8, 4) is 11.5 Å². The van der Waals surface area contributed by atoms with Gasteiger partial charge in [-0.25, -0.2) is 0 Å². The van der Waals surface area contributed by atoms with Gasteiger partial charge in [-0.15, -0.1) is 12.4 Å². The average molecular weight is 358 g/mol. The SMILES string of the molecule is CCOc1ccc(OCCN(C)CC(=O)N2CCNCC2)cc1.Cl. The topological polar surface area (TPSA) is 54.0 Å². The fourth-order valence-electron chi connectivity index (χ4n) is 2.44. The zero-order valence-corrected chi connectivity index (χ0v) is 15.3. The first-order chi connectivity index (χ1) is 11.2. The molecule has 0 atom stereocenters. The number of nitrogens with zero attached hydrogens (tertiary/aromatic N) is 2. The molecule has 1 fully saturated rings. The maximum atomic E-state index is 12.1. The highest BCUT2D eigenvalue weighted by Gasteiger charge is 2.17. The maximum Gasteiger partial charge on any atom is 0.236 e. The van der Waals surface area contributed by atoms with E-state index in [1.165, 1.54) is 0 Å². The molecule has 7 heteroatoms. The summed E-state index contributed by atoms with van der Waals surface area (Å²) in [7, 11) is 1.95. The van der Waals surface area contributed by atoms with Gasteiger partial charge in [0.05, 0.1) is 13.2 Å². The molecular formula is C17H28ClN3O3. The van der Waals surface area contributed by atoms with Gasteiger partial charge in [-0.05, 0) is 38.2 Å². The van der Waals surface area contributed by atoms with Crippen molar-refractivity contribution in [1.82, 2.24) is 15.1 Å². The highest BCUT2D eigenvalue weighted by atomic mass is 35.5. The van der Waals surface area contributed by atoms with Gasteiger partial charge in [0.2, 0.25) is 5.91 Å². The Bertz CT molecular complexity index is 478. The third kappa shape index (κ3) is 6.95. The molecule has 1 saturated heterocycles. The number of likely N-dealkylation sites (N-methyl/N-ethyl adjacent to an activating group) is 1. The van der Waals surface area contributed by atoms with E-state index in [-0.39, 0.29) is 18.3 Å². The van der Waals surface area contributed by atoms with Crippen LogP contribution in [0.4, 0.5) is 0 Å². The van der Waals surface area contributed by atoms with E-state index in [2.05, 4.69) is 5.32 Å². The van der Waals surface area contributed by atoms with Crippen molar-refractivity contribution in [2.45, 2.75) is 6.92 Å². The van der Waals surface area contributed by atoms with Crippen molar-refractivity contribution < 1.29 is 14.3 Å². The van der Waals surface area contributed by atoms with Gasteiger partial charge in [-0.3, -0.25) is 9.69 Å². The Morgan fingerprint density at radius 1 is 1.17 bits per heavy atom. The quantitative estimate of drug-likeness (QED) is 0.759. The molecular weight excluding hydrogens is 330 g/mol. The number of carbonyl (C=O) groups is 1. The standard InChI is InChI=1S/C17H27N3O3.ClH/c1-3-22-15-4-6-16(7-5-15)23-13-12-19(2)14-17(21)20-10-8-18-9-11-20;/h4-7,18H,3,8-14H2,1-2H3;1H. The lowest BCUT2D eigenvalue weighted by Crippen LogP contribution is -2.49. The van der Waals surface area contributed by atoms with Crippen LogP contribution in [0.5, 0.6) is 11.5 Å². The lowest BCUT2D eigenvalue weighted by molar-refractivity contribution is -0.132. The number of hydrogen-bond donors (Lipinski definition) is 1. The summed E-state index contributed by atoms with van der Waals surface area (Å²) in [6.07, 6.45) is 0. The summed E-state index contributed by atoms with van der Waals surface area (Å²) in [4.78, 5) is 16.1. The summed E-state index contributed by atoms with van der Waals surface area (Å²) >= 11 is 0. The van der Waals surface area contributed by atoms with Crippen LogP contribution in [0.3, 0.4) is 0 Å². The lowest BCUT2D eigenvalue weighted by atomic mass is 10.3. The van der Waals surface area contributed by atoms with Gasteiger partial charge < -0.3 is 19.7 Å². The summed E-state index contributed by atoms with van der Waals surface area (Å²) in [6.45, 7) is 7.70. The van der Waals surface area contributed by atoms with Crippen molar-refractivity contribution in [2.75, 3.05) is 59.5 Å².